The van der Waals surface area contributed by atoms with Crippen molar-refractivity contribution < 1.29 is 0 Å². The normalized spacial score (nSPS) is 13.6. The van der Waals surface area contributed by atoms with E-state index < -0.39 is 0 Å². The van der Waals surface area contributed by atoms with Gasteiger partial charge in [-0.3, -0.25) is 12.9 Å². The van der Waals surface area contributed by atoms with Gasteiger partial charge in [-0.15, -0.1) is 22.7 Å². The summed E-state index contributed by atoms with van der Waals surface area (Å²) in [4.78, 5) is 12.6. The molecule has 6 aliphatic heterocycles. The zero-order valence-electron chi connectivity index (χ0n) is 55.5. The first-order chi connectivity index (χ1) is 50.5. The molecular formula is C85H58B3N7S7. The highest BCUT2D eigenvalue weighted by Crippen LogP contribution is 2.53. The lowest BCUT2D eigenvalue weighted by atomic mass is 9.30. The van der Waals surface area contributed by atoms with Gasteiger partial charge in [0.15, 0.2) is 0 Å². The highest BCUT2D eigenvalue weighted by Gasteiger charge is 2.50. The van der Waals surface area contributed by atoms with Gasteiger partial charge in [-0.05, 0) is 217 Å². The number of hydrogen-bond acceptors (Lipinski definition) is 14. The molecule has 15 aromatic rings. The fraction of sp³-hybridized carbons (Fsp3) is 0.0353. The van der Waals surface area contributed by atoms with Gasteiger partial charge in [-0.2, -0.15) is 0 Å². The van der Waals surface area contributed by atoms with Crippen LogP contribution in [-0.4, -0.2) is 38.9 Å². The van der Waals surface area contributed by atoms with Gasteiger partial charge < -0.3 is 20.0 Å². The van der Waals surface area contributed by atoms with Crippen LogP contribution in [0.4, 0.5) is 96.7 Å². The van der Waals surface area contributed by atoms with Crippen LogP contribution in [0.2, 0.25) is 0 Å². The van der Waals surface area contributed by atoms with E-state index in [1.165, 1.54) is 122 Å². The van der Waals surface area contributed by atoms with Crippen LogP contribution in [0.1, 0.15) is 0 Å². The van der Waals surface area contributed by atoms with E-state index in [0.29, 0.717) is 0 Å². The Morgan fingerprint density at radius 2 is 0.637 bits per heavy atom. The fourth-order valence-corrected chi connectivity index (χ4v) is 24.5. The number of fused-ring (bicyclic) bond motifs is 16. The topological polar surface area (TPSA) is 31.5 Å². The Labute approximate surface area is 623 Å². The highest BCUT2D eigenvalue weighted by atomic mass is 32.2. The lowest BCUT2D eigenvalue weighted by Gasteiger charge is -2.46. The van der Waals surface area contributed by atoms with Gasteiger partial charge in [-0.1, -0.05) is 181 Å². The molecule has 0 atom stereocenters. The second-order valence-corrected chi connectivity index (χ2v) is 32.8. The number of thiophene rings is 2. The third kappa shape index (κ3) is 9.30. The Bertz CT molecular complexity index is 5800. The summed E-state index contributed by atoms with van der Waals surface area (Å²) < 4.78 is 13.2. The second kappa shape index (κ2) is 24.2. The largest absolute Gasteiger partial charge is 0.356 e. The predicted molar refractivity (Wildman–Crippen MR) is 452 cm³/mol. The molecule has 484 valence electrons. The third-order valence-electron chi connectivity index (χ3n) is 20.9. The van der Waals surface area contributed by atoms with Gasteiger partial charge in [0.2, 0.25) is 0 Å². The molecule has 0 spiro atoms. The molecule has 0 saturated carbocycles. The van der Waals surface area contributed by atoms with Crippen LogP contribution in [0.25, 0.3) is 20.2 Å². The maximum Gasteiger partial charge on any atom is 0.262 e. The molecule has 17 heteroatoms. The van der Waals surface area contributed by atoms with E-state index >= 15 is 0 Å². The first kappa shape index (κ1) is 61.0. The molecule has 0 unspecified atom stereocenters. The lowest BCUT2D eigenvalue weighted by Crippen LogP contribution is -2.65. The molecule has 0 aliphatic carbocycles. The number of nitrogens with one attached hydrogen (secondary N) is 1. The van der Waals surface area contributed by atoms with E-state index in [4.69, 9.17) is 0 Å². The molecule has 13 aromatic carbocycles. The maximum atomic E-state index is 4.26. The molecule has 0 amide bonds. The summed E-state index contributed by atoms with van der Waals surface area (Å²) in [5, 5.41) is 6.90. The molecule has 102 heavy (non-hydrogen) atoms. The molecule has 8 heterocycles. The van der Waals surface area contributed by atoms with Crippen LogP contribution in [-0.2, 0) is 0 Å². The van der Waals surface area contributed by atoms with Crippen molar-refractivity contribution in [2.45, 2.75) is 19.6 Å². The maximum absolute atomic E-state index is 4.26. The fourth-order valence-electron chi connectivity index (χ4n) is 16.8. The SMILES string of the molecule is CSN1c2cc3c(cc2B2c4sc5ccccc5c4Sc4cc(N(c5ccccc5)c5ccccc5)cc1c42)B1c2cc4c(cc2N(SC)c2cc(N(c5ccccc5)c5ccccc5)cc(c21)N3SC)Nc1cc(N(c2ccccc2)c2ccccc2)cc2c1B4c1sc3ccccc3c1S2. The van der Waals surface area contributed by atoms with Crippen molar-refractivity contribution in [3.63, 3.8) is 0 Å². The Balaban J connectivity index is 0.824. The first-order valence-electron chi connectivity index (χ1n) is 34.2. The monoisotopic (exact) mass is 1430 g/mol. The minimum atomic E-state index is -0.164. The number of para-hydroxylation sites is 6. The molecule has 0 saturated heterocycles. The predicted octanol–water partition coefficient (Wildman–Crippen LogP) is 19.2. The molecule has 0 fully saturated rings. The van der Waals surface area contributed by atoms with Crippen molar-refractivity contribution in [3.8, 4) is 0 Å². The van der Waals surface area contributed by atoms with Crippen LogP contribution in [0.15, 0.2) is 311 Å². The van der Waals surface area contributed by atoms with Crippen LogP contribution in [0, 0.1) is 0 Å². The summed E-state index contributed by atoms with van der Waals surface area (Å²) in [7, 11) is 0. The van der Waals surface area contributed by atoms with Gasteiger partial charge in [0.25, 0.3) is 20.1 Å². The average molecular weight is 1430 g/mol. The molecular weight excluding hydrogens is 1380 g/mol. The van der Waals surface area contributed by atoms with Crippen molar-refractivity contribution in [2.75, 3.05) is 51.7 Å². The molecule has 7 nitrogen and oxygen atoms in total. The van der Waals surface area contributed by atoms with Crippen LogP contribution >= 0.6 is 82.0 Å². The summed E-state index contributed by atoms with van der Waals surface area (Å²) in [6.07, 6.45) is 6.80. The first-order valence-corrected chi connectivity index (χ1v) is 41.1. The standard InChI is InChI=1S/C85H58B3N7S7/c1-96-93-69-50-67-63(87-79-68(89-67)42-58(90(52-26-10-4-11-27-52)53-28-12-5-13-29-53)46-77(79)99-82-61-38-22-24-40-75(61)101-84(82)87)48-64(69)86-65-49-66-71(51-70(65)94(97-2)73-44-59(43-72(93)80(73)86)91(54-30-14-6-15-31-54)55-32-16-7-17-33-55)95(98-3)74-45-60(92(56-34-18-8-19-35-56)57-36-20-9-21-37-57)47-78-81(74)88(66)85-83(100-78)62-39-23-25-41-76(62)102-85/h4-51,89H,1-3H3. The summed E-state index contributed by atoms with van der Waals surface area (Å²) in [5.74, 6) is 0. The van der Waals surface area contributed by atoms with Gasteiger partial charge >= 0.3 is 0 Å². The van der Waals surface area contributed by atoms with Crippen molar-refractivity contribution in [3.05, 3.63) is 291 Å². The Hall–Kier alpha value is -9.68. The zero-order chi connectivity index (χ0) is 67.4. The average Bonchev–Trinajstić information content (AvgIpc) is 0.927. The highest BCUT2D eigenvalue weighted by molar-refractivity contribution is 8.01. The molecule has 2 aromatic heterocycles. The van der Waals surface area contributed by atoms with Crippen molar-refractivity contribution >= 4 is 267 Å². The summed E-state index contributed by atoms with van der Waals surface area (Å²) in [5.41, 5.74) is 28.7. The zero-order valence-corrected chi connectivity index (χ0v) is 61.2. The molecule has 0 bridgehead atoms. The summed E-state index contributed by atoms with van der Waals surface area (Å²) >= 11 is 13.2. The Morgan fingerprint density at radius 1 is 0.294 bits per heavy atom. The molecule has 21 rings (SSSR count). The van der Waals surface area contributed by atoms with Gasteiger partial charge in [0.1, 0.15) is 0 Å². The smallest absolute Gasteiger partial charge is 0.262 e. The van der Waals surface area contributed by atoms with E-state index in [1.54, 1.807) is 35.8 Å². The Kier molecular flexibility index (Phi) is 14.5. The molecule has 0 radical (unpaired) electrons. The second-order valence-electron chi connectivity index (χ2n) is 26.3. The van der Waals surface area contributed by atoms with E-state index in [-0.39, 0.29) is 20.1 Å². The van der Waals surface area contributed by atoms with Gasteiger partial charge in [0.05, 0.1) is 22.7 Å². The molecule has 6 aliphatic rings. The van der Waals surface area contributed by atoms with E-state index in [1.807, 2.05) is 46.2 Å². The summed E-state index contributed by atoms with van der Waals surface area (Å²) in [6, 6.07) is 109. The molecule has 1 N–H and O–H groups in total. The number of benzene rings is 13. The number of nitrogens with zero attached hydrogens (tertiary/aromatic N) is 6. The van der Waals surface area contributed by atoms with Gasteiger partial charge in [0, 0.05) is 132 Å². The van der Waals surface area contributed by atoms with Crippen molar-refractivity contribution in [1.82, 2.24) is 0 Å². The van der Waals surface area contributed by atoms with Gasteiger partial charge in [-0.25, -0.2) is 0 Å². The van der Waals surface area contributed by atoms with E-state index in [0.717, 1.165) is 62.6 Å². The lowest BCUT2D eigenvalue weighted by molar-refractivity contribution is 1.26. The minimum absolute atomic E-state index is 0.0347. The van der Waals surface area contributed by atoms with E-state index in [9.17, 15) is 0 Å². The quantitative estimate of drug-likeness (QED) is 0.0934. The third-order valence-corrected chi connectivity index (χ3v) is 28.3. The van der Waals surface area contributed by atoms with E-state index in [2.05, 4.69) is 343 Å². The number of rotatable bonds is 12. The number of anilines is 17. The minimum Gasteiger partial charge on any atom is -0.356 e. The van der Waals surface area contributed by atoms with Crippen LogP contribution in [0.5, 0.6) is 0 Å². The van der Waals surface area contributed by atoms with Crippen LogP contribution < -0.4 is 80.7 Å². The number of hydrogen-bond donors (Lipinski definition) is 1. The van der Waals surface area contributed by atoms with Crippen LogP contribution in [0.3, 0.4) is 0 Å². The summed E-state index contributed by atoms with van der Waals surface area (Å²) in [6.45, 7) is -0.237. The Morgan fingerprint density at radius 3 is 1.07 bits per heavy atom. The van der Waals surface area contributed by atoms with Crippen molar-refractivity contribution in [2.24, 2.45) is 0 Å². The van der Waals surface area contributed by atoms with Crippen molar-refractivity contribution in [1.29, 1.82) is 0 Å².